The van der Waals surface area contributed by atoms with Gasteiger partial charge in [-0.15, -0.1) is 0 Å². The third-order valence-corrected chi connectivity index (χ3v) is 4.20. The molecular formula is C19H25N3O. The van der Waals surface area contributed by atoms with E-state index in [1.807, 2.05) is 12.3 Å². The van der Waals surface area contributed by atoms with Crippen molar-refractivity contribution < 1.29 is 4.74 Å². The molecule has 0 bridgehead atoms. The van der Waals surface area contributed by atoms with Crippen molar-refractivity contribution in [3.05, 3.63) is 59.7 Å². The summed E-state index contributed by atoms with van der Waals surface area (Å²) < 4.78 is 5.83. The van der Waals surface area contributed by atoms with Gasteiger partial charge < -0.3 is 4.74 Å². The van der Waals surface area contributed by atoms with Gasteiger partial charge >= 0.3 is 0 Å². The molecule has 0 radical (unpaired) electrons. The van der Waals surface area contributed by atoms with E-state index in [0.717, 1.165) is 50.6 Å². The zero-order chi connectivity index (χ0) is 15.9. The summed E-state index contributed by atoms with van der Waals surface area (Å²) in [6.07, 6.45) is 5.44. The van der Waals surface area contributed by atoms with E-state index in [2.05, 4.69) is 52.1 Å². The number of aryl methyl sites for hydroxylation is 1. The van der Waals surface area contributed by atoms with Crippen LogP contribution in [0, 0.1) is 0 Å². The fraction of sp³-hybridized carbons (Fsp3) is 0.474. The molecule has 1 aliphatic rings. The fourth-order valence-corrected chi connectivity index (χ4v) is 3.03. The number of hydrogen-bond donors (Lipinski definition) is 0. The second-order valence-corrected chi connectivity index (χ2v) is 6.11. The van der Waals surface area contributed by atoms with Crippen molar-refractivity contribution in [2.45, 2.75) is 45.4 Å². The summed E-state index contributed by atoms with van der Waals surface area (Å²) in [6, 6.07) is 12.6. The predicted octanol–water partition coefficient (Wildman–Crippen LogP) is 3.22. The minimum absolute atomic E-state index is 0.353. The Labute approximate surface area is 138 Å². The quantitative estimate of drug-likeness (QED) is 0.787. The Morgan fingerprint density at radius 1 is 1.17 bits per heavy atom. The normalized spacial score (nSPS) is 17.7. The number of nitrogens with zero attached hydrogens (tertiary/aromatic N) is 3. The largest absolute Gasteiger partial charge is 0.377 e. The highest BCUT2D eigenvalue weighted by Crippen LogP contribution is 2.16. The molecular weight excluding hydrogens is 286 g/mol. The lowest BCUT2D eigenvalue weighted by Crippen LogP contribution is -2.31. The van der Waals surface area contributed by atoms with Gasteiger partial charge in [0.05, 0.1) is 11.8 Å². The van der Waals surface area contributed by atoms with Gasteiger partial charge in [-0.1, -0.05) is 37.3 Å². The van der Waals surface area contributed by atoms with Crippen LogP contribution in [0.2, 0.25) is 0 Å². The number of hydrogen-bond acceptors (Lipinski definition) is 4. The first-order valence-corrected chi connectivity index (χ1v) is 8.52. The first-order valence-electron chi connectivity index (χ1n) is 8.52. The maximum absolute atomic E-state index is 5.83. The van der Waals surface area contributed by atoms with Crippen molar-refractivity contribution in [1.29, 1.82) is 0 Å². The van der Waals surface area contributed by atoms with Crippen LogP contribution in [0.4, 0.5) is 0 Å². The van der Waals surface area contributed by atoms with Gasteiger partial charge in [-0.3, -0.25) is 4.90 Å². The van der Waals surface area contributed by atoms with Gasteiger partial charge in [-0.25, -0.2) is 9.97 Å². The van der Waals surface area contributed by atoms with Crippen LogP contribution in [0.25, 0.3) is 0 Å². The van der Waals surface area contributed by atoms with Crippen LogP contribution in [0.5, 0.6) is 0 Å². The highest BCUT2D eigenvalue weighted by atomic mass is 16.5. The van der Waals surface area contributed by atoms with Gasteiger partial charge in [0, 0.05) is 38.9 Å². The summed E-state index contributed by atoms with van der Waals surface area (Å²) in [6.45, 7) is 5.71. The number of ether oxygens (including phenoxy) is 1. The van der Waals surface area contributed by atoms with Crippen LogP contribution < -0.4 is 0 Å². The molecule has 3 rings (SSSR count). The minimum atomic E-state index is 0.353. The lowest BCUT2D eigenvalue weighted by molar-refractivity contribution is 0.0674. The van der Waals surface area contributed by atoms with Gasteiger partial charge in [-0.05, 0) is 24.5 Å². The van der Waals surface area contributed by atoms with Crippen LogP contribution in [0.3, 0.4) is 0 Å². The molecule has 2 heterocycles. The number of aromatic nitrogens is 2. The van der Waals surface area contributed by atoms with Gasteiger partial charge in [-0.2, -0.15) is 0 Å². The Morgan fingerprint density at radius 2 is 2.04 bits per heavy atom. The van der Waals surface area contributed by atoms with E-state index in [-0.39, 0.29) is 0 Å². The highest BCUT2D eigenvalue weighted by Gasteiger charge is 2.20. The van der Waals surface area contributed by atoms with Gasteiger partial charge in [0.15, 0.2) is 0 Å². The Kier molecular flexibility index (Phi) is 5.72. The van der Waals surface area contributed by atoms with Crippen molar-refractivity contribution in [1.82, 2.24) is 14.9 Å². The van der Waals surface area contributed by atoms with Crippen molar-refractivity contribution in [2.75, 3.05) is 13.2 Å². The monoisotopic (exact) mass is 311 g/mol. The Hall–Kier alpha value is -1.78. The van der Waals surface area contributed by atoms with Crippen LogP contribution in [0.15, 0.2) is 42.6 Å². The van der Waals surface area contributed by atoms with E-state index in [1.165, 1.54) is 12.0 Å². The molecule has 4 nitrogen and oxygen atoms in total. The molecule has 2 aromatic rings. The van der Waals surface area contributed by atoms with Crippen molar-refractivity contribution in [3.63, 3.8) is 0 Å². The molecule has 1 atom stereocenters. The van der Waals surface area contributed by atoms with Crippen molar-refractivity contribution in [3.8, 4) is 0 Å². The number of benzene rings is 1. The van der Waals surface area contributed by atoms with Crippen LogP contribution in [0.1, 0.15) is 36.8 Å². The molecule has 0 unspecified atom stereocenters. The maximum atomic E-state index is 5.83. The fourth-order valence-electron chi connectivity index (χ4n) is 3.03. The average Bonchev–Trinajstić information content (AvgIpc) is 3.09. The van der Waals surface area contributed by atoms with Crippen LogP contribution in [-0.4, -0.2) is 34.1 Å². The predicted molar refractivity (Wildman–Crippen MR) is 90.9 cm³/mol. The first-order chi connectivity index (χ1) is 11.3. The lowest BCUT2D eigenvalue weighted by atomic mass is 10.1. The van der Waals surface area contributed by atoms with E-state index < -0.39 is 0 Å². The molecule has 1 aromatic heterocycles. The molecule has 0 saturated carbocycles. The summed E-state index contributed by atoms with van der Waals surface area (Å²) in [4.78, 5) is 11.4. The van der Waals surface area contributed by atoms with E-state index in [9.17, 15) is 0 Å². The summed E-state index contributed by atoms with van der Waals surface area (Å²) >= 11 is 0. The summed E-state index contributed by atoms with van der Waals surface area (Å²) in [5.41, 5.74) is 2.42. The average molecular weight is 311 g/mol. The van der Waals surface area contributed by atoms with Crippen molar-refractivity contribution in [2.24, 2.45) is 0 Å². The highest BCUT2D eigenvalue weighted by molar-refractivity contribution is 5.15. The van der Waals surface area contributed by atoms with Gasteiger partial charge in [0.2, 0.25) is 0 Å². The van der Waals surface area contributed by atoms with E-state index >= 15 is 0 Å². The molecule has 1 saturated heterocycles. The Balaban J connectivity index is 1.70. The lowest BCUT2D eigenvalue weighted by Gasteiger charge is -2.25. The van der Waals surface area contributed by atoms with Crippen LogP contribution >= 0.6 is 0 Å². The minimum Gasteiger partial charge on any atom is -0.377 e. The molecule has 0 aliphatic carbocycles. The van der Waals surface area contributed by atoms with Crippen molar-refractivity contribution >= 4 is 0 Å². The Bertz CT molecular complexity index is 597. The standard InChI is InChI=1S/C19H25N3O/c1-2-19-20-11-10-17(21-19)14-22(15-18-9-6-12-23-18)13-16-7-4-3-5-8-16/h3-5,7-8,10-11,18H,2,6,9,12-15H2,1H3/t18-/m0/s1. The summed E-state index contributed by atoms with van der Waals surface area (Å²) in [5, 5.41) is 0. The molecule has 0 spiro atoms. The third-order valence-electron chi connectivity index (χ3n) is 4.20. The summed E-state index contributed by atoms with van der Waals surface area (Å²) in [7, 11) is 0. The summed E-state index contributed by atoms with van der Waals surface area (Å²) in [5.74, 6) is 0.916. The third kappa shape index (κ3) is 4.85. The Morgan fingerprint density at radius 3 is 2.78 bits per heavy atom. The molecule has 1 aromatic carbocycles. The SMILES string of the molecule is CCc1nccc(CN(Cc2ccccc2)C[C@@H]2CCCO2)n1. The molecule has 4 heteroatoms. The second-order valence-electron chi connectivity index (χ2n) is 6.11. The van der Waals surface area contributed by atoms with E-state index in [0.29, 0.717) is 6.10 Å². The number of rotatable bonds is 7. The zero-order valence-electron chi connectivity index (χ0n) is 13.8. The molecule has 1 fully saturated rings. The molecule has 122 valence electrons. The van der Waals surface area contributed by atoms with Crippen LogP contribution in [-0.2, 0) is 24.2 Å². The second kappa shape index (κ2) is 8.18. The van der Waals surface area contributed by atoms with Gasteiger partial charge in [0.1, 0.15) is 5.82 Å². The van der Waals surface area contributed by atoms with E-state index in [1.54, 1.807) is 0 Å². The molecule has 0 N–H and O–H groups in total. The first kappa shape index (κ1) is 16.1. The molecule has 1 aliphatic heterocycles. The molecule has 23 heavy (non-hydrogen) atoms. The zero-order valence-corrected chi connectivity index (χ0v) is 13.8. The maximum Gasteiger partial charge on any atom is 0.128 e. The van der Waals surface area contributed by atoms with E-state index in [4.69, 9.17) is 4.74 Å². The smallest absolute Gasteiger partial charge is 0.128 e. The molecule has 0 amide bonds. The van der Waals surface area contributed by atoms with Gasteiger partial charge in [0.25, 0.3) is 0 Å². The topological polar surface area (TPSA) is 38.2 Å².